The molecule has 0 aliphatic rings. The Balaban J connectivity index is 0.000000204. The van der Waals surface area contributed by atoms with Gasteiger partial charge in [-0.05, 0) is 103 Å². The number of furan rings is 1. The summed E-state index contributed by atoms with van der Waals surface area (Å²) in [7, 11) is 0. The van der Waals surface area contributed by atoms with E-state index in [0.29, 0.717) is 11.3 Å². The number of aryl methyl sites for hydroxylation is 2. The van der Waals surface area contributed by atoms with Gasteiger partial charge < -0.3 is 4.42 Å². The highest BCUT2D eigenvalue weighted by Gasteiger charge is 2.06. The summed E-state index contributed by atoms with van der Waals surface area (Å²) >= 11 is 7.54. The quantitative estimate of drug-likeness (QED) is 0.464. The zero-order valence-electron chi connectivity index (χ0n) is 12.3. The number of hydrogen-bond acceptors (Lipinski definition) is 2. The van der Waals surface area contributed by atoms with Gasteiger partial charge in [0.1, 0.15) is 5.76 Å². The third kappa shape index (κ3) is 4.09. The van der Waals surface area contributed by atoms with Crippen LogP contribution in [0.25, 0.3) is 0 Å². The maximum Gasteiger partial charge on any atom is 0.255 e. The molecule has 0 aliphatic carbocycles. The van der Waals surface area contributed by atoms with Crippen LogP contribution in [0.5, 0.6) is 0 Å². The molecular formula is C16H18ClIO2. The van der Waals surface area contributed by atoms with Gasteiger partial charge in [0.25, 0.3) is 5.24 Å². The first-order chi connectivity index (χ1) is 9.25. The lowest BCUT2D eigenvalue weighted by molar-refractivity contribution is 0.108. The molecule has 0 unspecified atom stereocenters. The Morgan fingerprint density at radius 1 is 1.10 bits per heavy atom. The van der Waals surface area contributed by atoms with Crippen molar-refractivity contribution < 1.29 is 9.21 Å². The normalized spacial score (nSPS) is 9.95. The minimum atomic E-state index is -0.471. The van der Waals surface area contributed by atoms with Crippen LogP contribution < -0.4 is 0 Å². The topological polar surface area (TPSA) is 30.2 Å². The lowest BCUT2D eigenvalue weighted by atomic mass is 10.0. The molecule has 0 radical (unpaired) electrons. The van der Waals surface area contributed by atoms with Gasteiger partial charge in [-0.1, -0.05) is 0 Å². The van der Waals surface area contributed by atoms with Crippen molar-refractivity contribution in [3.63, 3.8) is 0 Å². The highest BCUT2D eigenvalue weighted by Crippen LogP contribution is 2.21. The molecule has 1 aromatic carbocycles. The Morgan fingerprint density at radius 3 is 2.10 bits per heavy atom. The number of carbonyl (C=O) groups excluding carboxylic acids is 1. The summed E-state index contributed by atoms with van der Waals surface area (Å²) in [5, 5.41) is -0.471. The Labute approximate surface area is 138 Å². The summed E-state index contributed by atoms with van der Waals surface area (Å²) in [5.41, 5.74) is 6.14. The fourth-order valence-corrected chi connectivity index (χ4v) is 2.82. The van der Waals surface area contributed by atoms with Crippen LogP contribution in [0, 0.1) is 38.2 Å². The van der Waals surface area contributed by atoms with Crippen molar-refractivity contribution in [3.8, 4) is 0 Å². The maximum absolute atomic E-state index is 10.4. The molecule has 108 valence electrons. The number of halogens is 2. The summed E-state index contributed by atoms with van der Waals surface area (Å²) < 4.78 is 6.20. The van der Waals surface area contributed by atoms with Gasteiger partial charge in [-0.15, -0.1) is 0 Å². The molecular weight excluding hydrogens is 387 g/mol. The second-order valence-corrected chi connectivity index (χ2v) is 6.22. The van der Waals surface area contributed by atoms with Crippen LogP contribution >= 0.6 is 34.2 Å². The van der Waals surface area contributed by atoms with Gasteiger partial charge in [-0.2, -0.15) is 0 Å². The van der Waals surface area contributed by atoms with Gasteiger partial charge in [0.2, 0.25) is 0 Å². The van der Waals surface area contributed by atoms with Gasteiger partial charge in [-0.25, -0.2) is 0 Å². The third-order valence-electron chi connectivity index (χ3n) is 3.49. The lowest BCUT2D eigenvalue weighted by Crippen LogP contribution is -1.93. The predicted octanol–water partition coefficient (Wildman–Crippen LogP) is 5.49. The van der Waals surface area contributed by atoms with Crippen molar-refractivity contribution in [1.82, 2.24) is 0 Å². The molecule has 0 aliphatic heterocycles. The summed E-state index contributed by atoms with van der Waals surface area (Å²) in [6, 6.07) is 3.79. The van der Waals surface area contributed by atoms with Crippen molar-refractivity contribution in [2.24, 2.45) is 0 Å². The third-order valence-corrected chi connectivity index (χ3v) is 4.81. The van der Waals surface area contributed by atoms with E-state index in [-0.39, 0.29) is 0 Å². The standard InChI is InChI=1S/C10H13I.C6H5ClO2/c1-6-5-10(11)9(4)8(3)7(6)2;1-4-5(6(7)8)2-3-9-4/h5H,1-4H3;2-3H,1H3. The Kier molecular flexibility index (Phi) is 6.27. The number of rotatable bonds is 1. The first kappa shape index (κ1) is 17.2. The van der Waals surface area contributed by atoms with E-state index in [1.165, 1.54) is 32.1 Å². The summed E-state index contributed by atoms with van der Waals surface area (Å²) in [4.78, 5) is 10.4. The minimum Gasteiger partial charge on any atom is -0.469 e. The molecule has 2 aromatic rings. The Morgan fingerprint density at radius 2 is 1.70 bits per heavy atom. The highest BCUT2D eigenvalue weighted by molar-refractivity contribution is 14.1. The smallest absolute Gasteiger partial charge is 0.255 e. The fourth-order valence-electron chi connectivity index (χ4n) is 1.75. The Bertz CT molecular complexity index is 603. The first-order valence-electron chi connectivity index (χ1n) is 6.22. The zero-order chi connectivity index (χ0) is 15.4. The van der Waals surface area contributed by atoms with Crippen molar-refractivity contribution in [3.05, 3.63) is 55.5 Å². The molecule has 1 aromatic heterocycles. The van der Waals surface area contributed by atoms with Crippen LogP contribution in [0.3, 0.4) is 0 Å². The van der Waals surface area contributed by atoms with Crippen LogP contribution in [0.15, 0.2) is 22.8 Å². The van der Waals surface area contributed by atoms with E-state index in [0.717, 1.165) is 0 Å². The van der Waals surface area contributed by atoms with Crippen LogP contribution in [-0.2, 0) is 0 Å². The second-order valence-electron chi connectivity index (χ2n) is 4.71. The number of benzene rings is 1. The summed E-state index contributed by atoms with van der Waals surface area (Å²) in [6.45, 7) is 10.4. The molecule has 20 heavy (non-hydrogen) atoms. The molecule has 0 bridgehead atoms. The molecule has 4 heteroatoms. The van der Waals surface area contributed by atoms with Crippen molar-refractivity contribution >= 4 is 39.4 Å². The molecule has 0 saturated heterocycles. The number of hydrogen-bond donors (Lipinski definition) is 0. The van der Waals surface area contributed by atoms with E-state index in [9.17, 15) is 4.79 Å². The summed E-state index contributed by atoms with van der Waals surface area (Å²) in [6.07, 6.45) is 1.44. The van der Waals surface area contributed by atoms with E-state index in [1.807, 2.05) is 0 Å². The van der Waals surface area contributed by atoms with E-state index in [2.05, 4.69) is 56.4 Å². The molecule has 0 atom stereocenters. The zero-order valence-corrected chi connectivity index (χ0v) is 15.2. The van der Waals surface area contributed by atoms with E-state index in [1.54, 1.807) is 13.0 Å². The van der Waals surface area contributed by atoms with Crippen LogP contribution in [0.4, 0.5) is 0 Å². The SMILES string of the molecule is Cc1cc(I)c(C)c(C)c1C.Cc1occc1C(=O)Cl. The minimum absolute atomic E-state index is 0.441. The van der Waals surface area contributed by atoms with Gasteiger partial charge in [0.05, 0.1) is 11.8 Å². The van der Waals surface area contributed by atoms with E-state index < -0.39 is 5.24 Å². The summed E-state index contributed by atoms with van der Waals surface area (Å²) in [5.74, 6) is 0.565. The van der Waals surface area contributed by atoms with Gasteiger partial charge in [-0.3, -0.25) is 4.79 Å². The number of carbonyl (C=O) groups is 1. The van der Waals surface area contributed by atoms with E-state index in [4.69, 9.17) is 16.0 Å². The van der Waals surface area contributed by atoms with Gasteiger partial charge >= 0.3 is 0 Å². The van der Waals surface area contributed by atoms with Crippen molar-refractivity contribution in [1.29, 1.82) is 0 Å². The average molecular weight is 405 g/mol. The molecule has 0 saturated carbocycles. The fraction of sp³-hybridized carbons (Fsp3) is 0.312. The first-order valence-corrected chi connectivity index (χ1v) is 7.68. The maximum atomic E-state index is 10.4. The van der Waals surface area contributed by atoms with Crippen LogP contribution in [0.1, 0.15) is 38.4 Å². The largest absolute Gasteiger partial charge is 0.469 e. The molecule has 0 fully saturated rings. The van der Waals surface area contributed by atoms with Gasteiger partial charge in [0.15, 0.2) is 0 Å². The Hall–Kier alpha value is -0.810. The van der Waals surface area contributed by atoms with Crippen molar-refractivity contribution in [2.75, 3.05) is 0 Å². The average Bonchev–Trinajstić information content (AvgIpc) is 2.81. The molecule has 2 nitrogen and oxygen atoms in total. The van der Waals surface area contributed by atoms with Crippen LogP contribution in [-0.4, -0.2) is 5.24 Å². The lowest BCUT2D eigenvalue weighted by Gasteiger charge is -2.09. The second kappa shape index (κ2) is 7.27. The molecule has 0 spiro atoms. The molecule has 0 amide bonds. The van der Waals surface area contributed by atoms with Crippen LogP contribution in [0.2, 0.25) is 0 Å². The van der Waals surface area contributed by atoms with Gasteiger partial charge in [0, 0.05) is 3.57 Å². The molecule has 0 N–H and O–H groups in total. The molecule has 1 heterocycles. The monoisotopic (exact) mass is 404 g/mol. The highest BCUT2D eigenvalue weighted by atomic mass is 127. The molecule has 2 rings (SSSR count). The predicted molar refractivity (Wildman–Crippen MR) is 91.7 cm³/mol. The van der Waals surface area contributed by atoms with Crippen molar-refractivity contribution in [2.45, 2.75) is 34.6 Å². The van der Waals surface area contributed by atoms with E-state index >= 15 is 0 Å².